The number of hydrogen-bond donors (Lipinski definition) is 1. The summed E-state index contributed by atoms with van der Waals surface area (Å²) in [5, 5.41) is 1.22. The largest absolute Gasteiger partial charge is 0.460 e. The molecule has 0 fully saturated rings. The van der Waals surface area contributed by atoms with Gasteiger partial charge in [0.05, 0.1) is 16.0 Å². The topological polar surface area (TPSA) is 147 Å². The first-order valence-electron chi connectivity index (χ1n) is 18.1. The number of rotatable bonds is 11. The van der Waals surface area contributed by atoms with E-state index in [0.717, 1.165) is 65.6 Å². The van der Waals surface area contributed by atoms with Gasteiger partial charge in [0.2, 0.25) is 0 Å². The molecular weight excluding hydrogens is 715 g/mol. The molecule has 0 radical (unpaired) electrons. The van der Waals surface area contributed by atoms with Gasteiger partial charge in [0.25, 0.3) is 16.0 Å². The molecule has 1 N–H and O–H groups in total. The molecule has 3 aromatic carbocycles. The van der Waals surface area contributed by atoms with Gasteiger partial charge < -0.3 is 19.0 Å². The zero-order valence-electron chi connectivity index (χ0n) is 30.1. The highest BCUT2D eigenvalue weighted by Crippen LogP contribution is 2.46. The summed E-state index contributed by atoms with van der Waals surface area (Å²) in [7, 11) is -4.27. The Hall–Kier alpha value is -4.59. The van der Waals surface area contributed by atoms with Gasteiger partial charge in [-0.3, -0.25) is 14.1 Å². The van der Waals surface area contributed by atoms with Crippen LogP contribution in [0.1, 0.15) is 74.4 Å². The lowest BCUT2D eigenvalue weighted by atomic mass is 9.86. The van der Waals surface area contributed by atoms with Gasteiger partial charge in [0.15, 0.2) is 0 Å². The molecule has 0 bridgehead atoms. The average Bonchev–Trinajstić information content (AvgIpc) is 3.53. The van der Waals surface area contributed by atoms with Gasteiger partial charge in [-0.25, -0.2) is 9.78 Å². The summed E-state index contributed by atoms with van der Waals surface area (Å²) in [6.45, 7) is 7.39. The Morgan fingerprint density at radius 2 is 1.72 bits per heavy atom. The maximum atomic E-state index is 14.7. The predicted molar refractivity (Wildman–Crippen MR) is 207 cm³/mol. The minimum Gasteiger partial charge on any atom is -0.460 e. The fraction of sp³-hybridized carbons (Fsp3) is 0.400. The van der Waals surface area contributed by atoms with E-state index in [2.05, 4.69) is 11.0 Å². The summed E-state index contributed by atoms with van der Waals surface area (Å²) < 4.78 is 45.4. The summed E-state index contributed by atoms with van der Waals surface area (Å²) in [4.78, 5) is 50.4. The Bertz CT molecular complexity index is 2360. The highest BCUT2D eigenvalue weighted by atomic mass is 32.2. The number of esters is 1. The maximum absolute atomic E-state index is 14.7. The minimum atomic E-state index is -4.27. The molecule has 13 heteroatoms. The van der Waals surface area contributed by atoms with Gasteiger partial charge in [-0.2, -0.15) is 8.42 Å². The summed E-state index contributed by atoms with van der Waals surface area (Å²) in [5.74, 6) is -1.33. The van der Waals surface area contributed by atoms with Crippen molar-refractivity contribution < 1.29 is 31.7 Å². The normalized spacial score (nSPS) is 14.4. The average molecular weight is 758 g/mol. The van der Waals surface area contributed by atoms with Crippen molar-refractivity contribution in [1.29, 1.82) is 0 Å². The molecular formula is C40H43N3O8S2. The van der Waals surface area contributed by atoms with E-state index in [0.29, 0.717) is 27.3 Å². The van der Waals surface area contributed by atoms with Crippen LogP contribution in [0.5, 0.6) is 0 Å². The van der Waals surface area contributed by atoms with Crippen LogP contribution in [0.2, 0.25) is 0 Å². The van der Waals surface area contributed by atoms with E-state index in [-0.39, 0.29) is 37.9 Å². The van der Waals surface area contributed by atoms with Crippen molar-refractivity contribution >= 4 is 60.2 Å². The molecule has 0 unspecified atom stereocenters. The van der Waals surface area contributed by atoms with Crippen LogP contribution in [0.4, 0.5) is 5.69 Å². The zero-order valence-corrected chi connectivity index (χ0v) is 31.8. The first-order chi connectivity index (χ1) is 25.3. The summed E-state index contributed by atoms with van der Waals surface area (Å²) >= 11 is 1.38. The van der Waals surface area contributed by atoms with Gasteiger partial charge in [-0.05, 0) is 94.7 Å². The Labute approximate surface area is 312 Å². The van der Waals surface area contributed by atoms with Crippen LogP contribution < -0.4 is 10.5 Å². The van der Waals surface area contributed by atoms with E-state index < -0.39 is 39.0 Å². The lowest BCUT2D eigenvalue weighted by Crippen LogP contribution is -2.35. The molecule has 2 aliphatic heterocycles. The molecule has 1 amide bonds. The predicted octanol–water partition coefficient (Wildman–Crippen LogP) is 7.28. The van der Waals surface area contributed by atoms with E-state index in [9.17, 15) is 27.4 Å². The lowest BCUT2D eigenvalue weighted by Gasteiger charge is -2.37. The number of benzene rings is 3. The number of fused-ring (bicyclic) bond motifs is 3. The Balaban J connectivity index is 1.38. The third kappa shape index (κ3) is 7.88. The van der Waals surface area contributed by atoms with Crippen molar-refractivity contribution in [2.24, 2.45) is 0 Å². The van der Waals surface area contributed by atoms with Crippen LogP contribution in [-0.4, -0.2) is 72.3 Å². The second-order valence-electron chi connectivity index (χ2n) is 14.7. The molecule has 0 aliphatic carbocycles. The smallest absolute Gasteiger partial charge is 0.347 e. The Morgan fingerprint density at radius 1 is 1.00 bits per heavy atom. The standard InChI is InChI=1S/C40H43N3O8S2/c1-40(2,3)51-32(44)18-10-21-43(22-11-23-53(47,48)49)38(45)27-14-5-4-13-26(27)33-29-24-25-12-8-19-42-20-9-15-28(35(25)42)36(29)50-39(46)34(33)37-41-30-16-6-7-17-31(30)52-37/h4-7,13-14,16-17,24H,8-12,15,18-23H2,1-3H3,(H,47,48,49). The molecule has 5 aromatic rings. The van der Waals surface area contributed by atoms with Crippen LogP contribution in [0.25, 0.3) is 42.9 Å². The van der Waals surface area contributed by atoms with E-state index in [1.807, 2.05) is 36.4 Å². The van der Waals surface area contributed by atoms with E-state index in [1.54, 1.807) is 32.9 Å². The SMILES string of the molecule is CC(C)(C)OC(=O)CCCN(CCCS(=O)(=O)O)C(=O)c1ccccc1-c1c(-c2nc3ccccc3s2)c(=O)oc2c3c4c(cc12)CCCN4CCC3. The quantitative estimate of drug-likeness (QED) is 0.0829. The van der Waals surface area contributed by atoms with Gasteiger partial charge in [0.1, 0.15) is 21.8 Å². The van der Waals surface area contributed by atoms with Crippen LogP contribution in [0.15, 0.2) is 63.8 Å². The van der Waals surface area contributed by atoms with Gasteiger partial charge in [-0.15, -0.1) is 11.3 Å². The number of aryl methyl sites for hydroxylation is 2. The number of thiazole rings is 1. The number of nitrogens with zero attached hydrogens (tertiary/aromatic N) is 3. The number of amides is 1. The van der Waals surface area contributed by atoms with Crippen molar-refractivity contribution in [3.63, 3.8) is 0 Å². The second-order valence-corrected chi connectivity index (χ2v) is 17.3. The van der Waals surface area contributed by atoms with Crippen molar-refractivity contribution in [3.05, 3.63) is 81.7 Å². The van der Waals surface area contributed by atoms with E-state index >= 15 is 0 Å². The number of hydrogen-bond acceptors (Lipinski definition) is 10. The molecule has 0 atom stereocenters. The molecule has 278 valence electrons. The molecule has 0 spiro atoms. The fourth-order valence-electron chi connectivity index (χ4n) is 7.58. The second kappa shape index (κ2) is 14.7. The number of anilines is 1. The maximum Gasteiger partial charge on any atom is 0.347 e. The number of ether oxygens (including phenoxy) is 1. The summed E-state index contributed by atoms with van der Waals surface area (Å²) in [6, 6.07) is 16.9. The van der Waals surface area contributed by atoms with Gasteiger partial charge in [0, 0.05) is 60.4 Å². The summed E-state index contributed by atoms with van der Waals surface area (Å²) in [6.07, 6.45) is 3.89. The van der Waals surface area contributed by atoms with Crippen LogP contribution in [0.3, 0.4) is 0 Å². The lowest BCUT2D eigenvalue weighted by molar-refractivity contribution is -0.155. The molecule has 0 saturated heterocycles. The summed E-state index contributed by atoms with van der Waals surface area (Å²) in [5.41, 5.74) is 5.06. The first-order valence-corrected chi connectivity index (χ1v) is 20.5. The number of aromatic nitrogens is 1. The Kier molecular flexibility index (Phi) is 10.2. The monoisotopic (exact) mass is 757 g/mol. The van der Waals surface area contributed by atoms with Crippen LogP contribution in [-0.2, 0) is 32.5 Å². The molecule has 2 aromatic heterocycles. The molecule has 2 aliphatic rings. The zero-order chi connectivity index (χ0) is 37.5. The highest BCUT2D eigenvalue weighted by molar-refractivity contribution is 7.85. The molecule has 0 saturated carbocycles. The fourth-order valence-corrected chi connectivity index (χ4v) is 9.08. The van der Waals surface area contributed by atoms with E-state index in [4.69, 9.17) is 14.1 Å². The van der Waals surface area contributed by atoms with Gasteiger partial charge >= 0.3 is 11.6 Å². The molecule has 53 heavy (non-hydrogen) atoms. The molecule has 7 rings (SSSR count). The number of para-hydroxylation sites is 1. The Morgan fingerprint density at radius 3 is 2.47 bits per heavy atom. The first kappa shape index (κ1) is 36.8. The van der Waals surface area contributed by atoms with Crippen LogP contribution >= 0.6 is 11.3 Å². The van der Waals surface area contributed by atoms with E-state index in [1.165, 1.54) is 21.8 Å². The van der Waals surface area contributed by atoms with Gasteiger partial charge in [-0.1, -0.05) is 30.3 Å². The van der Waals surface area contributed by atoms with Crippen molar-refractivity contribution in [2.45, 2.75) is 71.3 Å². The number of carbonyl (C=O) groups is 2. The van der Waals surface area contributed by atoms with Crippen molar-refractivity contribution in [1.82, 2.24) is 9.88 Å². The molecule has 11 nitrogen and oxygen atoms in total. The highest BCUT2D eigenvalue weighted by Gasteiger charge is 2.32. The van der Waals surface area contributed by atoms with Crippen LogP contribution in [0, 0.1) is 0 Å². The third-order valence-electron chi connectivity index (χ3n) is 9.67. The van der Waals surface area contributed by atoms with Crippen molar-refractivity contribution in [3.8, 4) is 21.7 Å². The minimum absolute atomic E-state index is 0.0111. The third-order valence-corrected chi connectivity index (χ3v) is 11.5. The molecule has 4 heterocycles. The van der Waals surface area contributed by atoms with Crippen molar-refractivity contribution in [2.75, 3.05) is 36.8 Å². The number of carbonyl (C=O) groups excluding carboxylic acids is 2.